The quantitative estimate of drug-likeness (QED) is 0.709. The van der Waals surface area contributed by atoms with E-state index in [0.717, 1.165) is 43.9 Å². The van der Waals surface area contributed by atoms with Gasteiger partial charge in [0.15, 0.2) is 11.5 Å². The molecule has 0 atom stereocenters. The first-order valence-electron chi connectivity index (χ1n) is 9.35. The van der Waals surface area contributed by atoms with Gasteiger partial charge in [-0.1, -0.05) is 0 Å². The predicted octanol–water partition coefficient (Wildman–Crippen LogP) is 1.87. The number of urea groups is 1. The van der Waals surface area contributed by atoms with Gasteiger partial charge in [0.1, 0.15) is 5.82 Å². The van der Waals surface area contributed by atoms with Gasteiger partial charge in [0, 0.05) is 74.8 Å². The minimum atomic E-state index is -0.483. The maximum atomic E-state index is 14.1. The SMILES string of the molecule is O=C(Nc1cc(F)c2nccn2c1)N1CCc2c(N3CCNCC3)ccnc21. The van der Waals surface area contributed by atoms with Gasteiger partial charge in [-0.15, -0.1) is 0 Å². The number of hydrogen-bond acceptors (Lipinski definition) is 5. The van der Waals surface area contributed by atoms with Crippen LogP contribution in [0.2, 0.25) is 0 Å². The number of aromatic nitrogens is 3. The first kappa shape index (κ1) is 16.9. The number of rotatable bonds is 2. The van der Waals surface area contributed by atoms with E-state index in [9.17, 15) is 9.18 Å². The molecule has 2 aliphatic heterocycles. The highest BCUT2D eigenvalue weighted by Crippen LogP contribution is 2.34. The molecule has 0 spiro atoms. The number of amides is 2. The Hall–Kier alpha value is -3.20. The molecule has 144 valence electrons. The number of carbonyl (C=O) groups is 1. The summed E-state index contributed by atoms with van der Waals surface area (Å²) in [6.45, 7) is 4.32. The van der Waals surface area contributed by atoms with Gasteiger partial charge in [0.2, 0.25) is 0 Å². The Morgan fingerprint density at radius 2 is 2.04 bits per heavy atom. The molecule has 8 nitrogen and oxygen atoms in total. The topological polar surface area (TPSA) is 77.8 Å². The zero-order valence-corrected chi connectivity index (χ0v) is 15.2. The largest absolute Gasteiger partial charge is 0.369 e. The third kappa shape index (κ3) is 2.84. The van der Waals surface area contributed by atoms with Gasteiger partial charge in [-0.3, -0.25) is 4.90 Å². The number of piperazine rings is 1. The first-order valence-corrected chi connectivity index (χ1v) is 9.35. The van der Waals surface area contributed by atoms with E-state index in [-0.39, 0.29) is 11.7 Å². The van der Waals surface area contributed by atoms with Crippen LogP contribution in [0.4, 0.5) is 26.4 Å². The maximum Gasteiger partial charge on any atom is 0.327 e. The number of nitrogens with one attached hydrogen (secondary N) is 2. The summed E-state index contributed by atoms with van der Waals surface area (Å²) in [7, 11) is 0. The van der Waals surface area contributed by atoms with Gasteiger partial charge in [0.05, 0.1) is 5.69 Å². The van der Waals surface area contributed by atoms with Crippen molar-refractivity contribution in [2.45, 2.75) is 6.42 Å². The van der Waals surface area contributed by atoms with E-state index < -0.39 is 5.82 Å². The Balaban J connectivity index is 1.40. The highest BCUT2D eigenvalue weighted by atomic mass is 19.1. The Labute approximate surface area is 161 Å². The van der Waals surface area contributed by atoms with Crippen LogP contribution < -0.4 is 20.4 Å². The van der Waals surface area contributed by atoms with Crippen LogP contribution in [-0.2, 0) is 6.42 Å². The molecule has 0 saturated carbocycles. The van der Waals surface area contributed by atoms with Crippen LogP contribution in [0.25, 0.3) is 5.65 Å². The van der Waals surface area contributed by atoms with Crippen molar-refractivity contribution in [3.8, 4) is 0 Å². The summed E-state index contributed by atoms with van der Waals surface area (Å²) in [5, 5.41) is 6.13. The lowest BCUT2D eigenvalue weighted by Gasteiger charge is -2.31. The lowest BCUT2D eigenvalue weighted by atomic mass is 10.1. The molecule has 5 rings (SSSR count). The molecule has 3 aromatic rings. The predicted molar refractivity (Wildman–Crippen MR) is 105 cm³/mol. The lowest BCUT2D eigenvalue weighted by molar-refractivity contribution is 0.257. The highest BCUT2D eigenvalue weighted by molar-refractivity contribution is 6.03. The van der Waals surface area contributed by atoms with Crippen LogP contribution in [0, 0.1) is 5.82 Å². The van der Waals surface area contributed by atoms with E-state index in [1.807, 2.05) is 6.07 Å². The average Bonchev–Trinajstić information content (AvgIpc) is 3.35. The van der Waals surface area contributed by atoms with E-state index in [1.54, 1.807) is 27.9 Å². The Kier molecular flexibility index (Phi) is 4.09. The van der Waals surface area contributed by atoms with Gasteiger partial charge < -0.3 is 19.9 Å². The van der Waals surface area contributed by atoms with E-state index >= 15 is 0 Å². The smallest absolute Gasteiger partial charge is 0.327 e. The van der Waals surface area contributed by atoms with Crippen molar-refractivity contribution in [2.75, 3.05) is 47.8 Å². The van der Waals surface area contributed by atoms with Crippen molar-refractivity contribution in [1.82, 2.24) is 19.7 Å². The molecule has 1 saturated heterocycles. The van der Waals surface area contributed by atoms with Crippen molar-refractivity contribution in [3.05, 3.63) is 48.3 Å². The Bertz CT molecular complexity index is 1040. The summed E-state index contributed by atoms with van der Waals surface area (Å²) in [5.74, 6) is 0.196. The summed E-state index contributed by atoms with van der Waals surface area (Å²) in [6.07, 6.45) is 7.30. The molecule has 2 amide bonds. The summed E-state index contributed by atoms with van der Waals surface area (Å²) < 4.78 is 15.7. The monoisotopic (exact) mass is 381 g/mol. The highest BCUT2D eigenvalue weighted by Gasteiger charge is 2.30. The fraction of sp³-hybridized carbons (Fsp3) is 0.316. The fourth-order valence-corrected chi connectivity index (χ4v) is 3.92. The van der Waals surface area contributed by atoms with E-state index in [2.05, 4.69) is 25.5 Å². The van der Waals surface area contributed by atoms with Crippen molar-refractivity contribution in [2.24, 2.45) is 0 Å². The maximum absolute atomic E-state index is 14.1. The second kappa shape index (κ2) is 6.75. The molecule has 5 heterocycles. The molecule has 28 heavy (non-hydrogen) atoms. The second-order valence-electron chi connectivity index (χ2n) is 6.94. The van der Waals surface area contributed by atoms with Crippen molar-refractivity contribution in [3.63, 3.8) is 0 Å². The normalized spacial score (nSPS) is 16.5. The molecule has 0 bridgehead atoms. The standard InChI is InChI=1S/C19H20FN7O/c20-15-11-13(12-26-10-6-23-18(15)26)24-19(28)27-7-2-14-16(1-3-22-17(14)27)25-8-4-21-5-9-25/h1,3,6,10-12,21H,2,4-5,7-9H2,(H,24,28). The van der Waals surface area contributed by atoms with Crippen LogP contribution in [0.1, 0.15) is 5.56 Å². The zero-order valence-electron chi connectivity index (χ0n) is 15.2. The van der Waals surface area contributed by atoms with Crippen LogP contribution >= 0.6 is 0 Å². The summed E-state index contributed by atoms with van der Waals surface area (Å²) in [6, 6.07) is 2.98. The minimum Gasteiger partial charge on any atom is -0.369 e. The number of pyridine rings is 2. The number of fused-ring (bicyclic) bond motifs is 2. The minimum absolute atomic E-state index is 0.229. The molecule has 2 aliphatic rings. The molecular weight excluding hydrogens is 361 g/mol. The van der Waals surface area contributed by atoms with Gasteiger partial charge in [-0.05, 0) is 12.5 Å². The molecule has 3 aromatic heterocycles. The second-order valence-corrected chi connectivity index (χ2v) is 6.94. The number of imidazole rings is 1. The van der Waals surface area contributed by atoms with E-state index in [0.29, 0.717) is 18.1 Å². The average molecular weight is 381 g/mol. The molecule has 0 unspecified atom stereocenters. The lowest BCUT2D eigenvalue weighted by Crippen LogP contribution is -2.43. The van der Waals surface area contributed by atoms with Crippen LogP contribution in [-0.4, -0.2) is 53.1 Å². The number of hydrogen-bond donors (Lipinski definition) is 2. The fourth-order valence-electron chi connectivity index (χ4n) is 3.92. The molecule has 0 aliphatic carbocycles. The van der Waals surface area contributed by atoms with Gasteiger partial charge in [-0.25, -0.2) is 19.2 Å². The Morgan fingerprint density at radius 3 is 2.89 bits per heavy atom. The van der Waals surface area contributed by atoms with Crippen molar-refractivity contribution < 1.29 is 9.18 Å². The van der Waals surface area contributed by atoms with Crippen molar-refractivity contribution in [1.29, 1.82) is 0 Å². The third-order valence-electron chi connectivity index (χ3n) is 5.25. The number of anilines is 3. The first-order chi connectivity index (χ1) is 13.7. The van der Waals surface area contributed by atoms with E-state index in [4.69, 9.17) is 0 Å². The number of halogens is 1. The summed E-state index contributed by atoms with van der Waals surface area (Å²) >= 11 is 0. The zero-order chi connectivity index (χ0) is 19.1. The summed E-state index contributed by atoms with van der Waals surface area (Å²) in [5.41, 5.74) is 2.84. The molecule has 9 heteroatoms. The third-order valence-corrected chi connectivity index (χ3v) is 5.25. The molecule has 0 radical (unpaired) electrons. The van der Waals surface area contributed by atoms with E-state index in [1.165, 1.54) is 12.3 Å². The van der Waals surface area contributed by atoms with Crippen molar-refractivity contribution >= 4 is 28.9 Å². The number of carbonyl (C=O) groups excluding carboxylic acids is 1. The van der Waals surface area contributed by atoms with Gasteiger partial charge in [-0.2, -0.15) is 0 Å². The number of nitrogens with zero attached hydrogens (tertiary/aromatic N) is 5. The molecular formula is C19H20FN7O. The molecule has 1 fully saturated rings. The van der Waals surface area contributed by atoms with Crippen LogP contribution in [0.3, 0.4) is 0 Å². The summed E-state index contributed by atoms with van der Waals surface area (Å²) in [4.78, 5) is 25.2. The van der Waals surface area contributed by atoms with Crippen LogP contribution in [0.5, 0.6) is 0 Å². The molecule has 2 N–H and O–H groups in total. The van der Waals surface area contributed by atoms with Gasteiger partial charge in [0.25, 0.3) is 0 Å². The Morgan fingerprint density at radius 1 is 1.18 bits per heavy atom. The van der Waals surface area contributed by atoms with Gasteiger partial charge >= 0.3 is 6.03 Å². The molecule has 0 aromatic carbocycles. The van der Waals surface area contributed by atoms with Crippen LogP contribution in [0.15, 0.2) is 36.9 Å².